The maximum Gasteiger partial charge on any atom is 0.245 e. The number of carbonyl (C=O) groups is 3. The number of fused-ring (bicyclic) bond motifs is 1. The SMILES string of the molecule is CCCCNC(=O)C1N([C@@H](CO)C(C)C)C(=O)[C@@H]2[C@H](C(=O)NC)[C@H]3OC12CC3Br. The molecule has 9 heteroatoms. The second kappa shape index (κ2) is 8.51. The molecule has 8 nitrogen and oxygen atoms in total. The zero-order valence-electron chi connectivity index (χ0n) is 17.5. The number of hydrogen-bond acceptors (Lipinski definition) is 5. The monoisotopic (exact) mass is 473 g/mol. The Morgan fingerprint density at radius 1 is 1.38 bits per heavy atom. The number of alkyl halides is 1. The van der Waals surface area contributed by atoms with E-state index in [0.29, 0.717) is 13.0 Å². The number of halogens is 1. The summed E-state index contributed by atoms with van der Waals surface area (Å²) in [6.07, 6.45) is 1.79. The van der Waals surface area contributed by atoms with E-state index in [9.17, 15) is 19.5 Å². The second-order valence-corrected chi connectivity index (χ2v) is 9.84. The van der Waals surface area contributed by atoms with E-state index in [1.54, 1.807) is 7.05 Å². The Morgan fingerprint density at radius 3 is 2.62 bits per heavy atom. The summed E-state index contributed by atoms with van der Waals surface area (Å²) in [5.74, 6) is -2.24. The fourth-order valence-corrected chi connectivity index (χ4v) is 6.24. The first-order valence-electron chi connectivity index (χ1n) is 10.5. The molecule has 3 N–H and O–H groups in total. The third-order valence-corrected chi connectivity index (χ3v) is 7.51. The van der Waals surface area contributed by atoms with E-state index in [-0.39, 0.29) is 35.1 Å². The van der Waals surface area contributed by atoms with Crippen LogP contribution in [0.2, 0.25) is 0 Å². The minimum atomic E-state index is -1.06. The number of unbranched alkanes of at least 4 members (excludes halogenated alkanes) is 1. The van der Waals surface area contributed by atoms with Gasteiger partial charge in [0.2, 0.25) is 17.7 Å². The molecular weight excluding hydrogens is 442 g/mol. The number of ether oxygens (including phenoxy) is 1. The number of aliphatic hydroxyl groups is 1. The maximum absolute atomic E-state index is 13.6. The van der Waals surface area contributed by atoms with Gasteiger partial charge in [-0.15, -0.1) is 0 Å². The van der Waals surface area contributed by atoms with Crippen molar-refractivity contribution in [2.45, 2.75) is 68.6 Å². The van der Waals surface area contributed by atoms with E-state index in [1.807, 2.05) is 20.8 Å². The lowest BCUT2D eigenvalue weighted by atomic mass is 9.70. The van der Waals surface area contributed by atoms with Crippen LogP contribution in [0, 0.1) is 17.8 Å². The molecule has 0 radical (unpaired) electrons. The van der Waals surface area contributed by atoms with Crippen LogP contribution >= 0.6 is 15.9 Å². The van der Waals surface area contributed by atoms with Crippen molar-refractivity contribution in [3.05, 3.63) is 0 Å². The third kappa shape index (κ3) is 3.39. The average Bonchev–Trinajstić information content (AvgIpc) is 3.26. The molecule has 2 bridgehead atoms. The maximum atomic E-state index is 13.6. The van der Waals surface area contributed by atoms with Crippen molar-refractivity contribution in [2.75, 3.05) is 20.2 Å². The van der Waals surface area contributed by atoms with Gasteiger partial charge in [0.1, 0.15) is 11.6 Å². The fraction of sp³-hybridized carbons (Fsp3) is 0.850. The summed E-state index contributed by atoms with van der Waals surface area (Å²) >= 11 is 3.61. The third-order valence-electron chi connectivity index (χ3n) is 6.67. The van der Waals surface area contributed by atoms with E-state index in [4.69, 9.17) is 4.74 Å². The molecule has 3 aliphatic rings. The van der Waals surface area contributed by atoms with E-state index < -0.39 is 35.6 Å². The number of hydrogen-bond donors (Lipinski definition) is 3. The van der Waals surface area contributed by atoms with E-state index in [0.717, 1.165) is 12.8 Å². The van der Waals surface area contributed by atoms with Crippen molar-refractivity contribution in [3.63, 3.8) is 0 Å². The van der Waals surface area contributed by atoms with E-state index >= 15 is 0 Å². The Bertz CT molecular complexity index is 675. The first kappa shape index (κ1) is 22.5. The molecule has 164 valence electrons. The van der Waals surface area contributed by atoms with Crippen molar-refractivity contribution in [2.24, 2.45) is 17.8 Å². The predicted molar refractivity (Wildman–Crippen MR) is 110 cm³/mol. The standard InChI is InChI=1S/C20H32BrN3O5/c1-5-6-7-23-18(27)16-20-8-11(21)15(29-20)13(17(26)22-4)14(20)19(28)24(16)12(9-25)10(2)3/h10-16,25H,5-9H2,1-4H3,(H,22,26)(H,23,27)/t11?,12-,13-,14-,15-,16?,20?/m0/s1. The number of amides is 3. The number of likely N-dealkylation sites (tertiary alicyclic amines) is 1. The molecule has 7 atom stereocenters. The summed E-state index contributed by atoms with van der Waals surface area (Å²) in [4.78, 5) is 41.0. The van der Waals surface area contributed by atoms with Gasteiger partial charge in [0.15, 0.2) is 0 Å². The largest absolute Gasteiger partial charge is 0.394 e. The van der Waals surface area contributed by atoms with Crippen LogP contribution in [-0.2, 0) is 19.1 Å². The summed E-state index contributed by atoms with van der Waals surface area (Å²) < 4.78 is 6.33. The smallest absolute Gasteiger partial charge is 0.245 e. The molecule has 3 rings (SSSR count). The summed E-state index contributed by atoms with van der Waals surface area (Å²) in [6, 6.07) is -1.39. The van der Waals surface area contributed by atoms with Gasteiger partial charge in [-0.05, 0) is 18.8 Å². The average molecular weight is 474 g/mol. The van der Waals surface area contributed by atoms with Crippen LogP contribution in [0.15, 0.2) is 0 Å². The van der Waals surface area contributed by atoms with Crippen LogP contribution < -0.4 is 10.6 Å². The topological polar surface area (TPSA) is 108 Å². The van der Waals surface area contributed by atoms with E-state index in [2.05, 4.69) is 26.6 Å². The molecule has 0 aromatic carbocycles. The van der Waals surface area contributed by atoms with Gasteiger partial charge in [-0.2, -0.15) is 0 Å². The molecule has 0 aromatic heterocycles. The lowest BCUT2D eigenvalue weighted by Gasteiger charge is -2.38. The van der Waals surface area contributed by atoms with Crippen LogP contribution in [0.4, 0.5) is 0 Å². The van der Waals surface area contributed by atoms with Crippen LogP contribution in [0.1, 0.15) is 40.0 Å². The Hall–Kier alpha value is -1.19. The van der Waals surface area contributed by atoms with Gasteiger partial charge in [-0.1, -0.05) is 43.1 Å². The Morgan fingerprint density at radius 2 is 2.07 bits per heavy atom. The molecule has 3 aliphatic heterocycles. The van der Waals surface area contributed by atoms with Gasteiger partial charge in [0.25, 0.3) is 0 Å². The number of carbonyl (C=O) groups excluding carboxylic acids is 3. The van der Waals surface area contributed by atoms with Crippen LogP contribution in [0.3, 0.4) is 0 Å². The highest BCUT2D eigenvalue weighted by Gasteiger charge is 2.77. The van der Waals surface area contributed by atoms with Crippen LogP contribution in [-0.4, -0.2) is 76.5 Å². The highest BCUT2D eigenvalue weighted by Crippen LogP contribution is 2.60. The zero-order valence-corrected chi connectivity index (χ0v) is 19.1. The van der Waals surface area contributed by atoms with Crippen LogP contribution in [0.25, 0.3) is 0 Å². The molecule has 0 aromatic rings. The molecule has 29 heavy (non-hydrogen) atoms. The minimum Gasteiger partial charge on any atom is -0.394 e. The van der Waals surface area contributed by atoms with Gasteiger partial charge in [-0.25, -0.2) is 0 Å². The number of nitrogens with zero attached hydrogens (tertiary/aromatic N) is 1. The molecule has 3 saturated heterocycles. The number of nitrogens with one attached hydrogen (secondary N) is 2. The van der Waals surface area contributed by atoms with Crippen molar-refractivity contribution in [1.29, 1.82) is 0 Å². The summed E-state index contributed by atoms with van der Waals surface area (Å²) in [7, 11) is 1.54. The number of rotatable bonds is 8. The normalized spacial score (nSPS) is 36.4. The molecule has 3 heterocycles. The molecule has 1 spiro atoms. The molecule has 3 unspecified atom stereocenters. The van der Waals surface area contributed by atoms with Crippen molar-refractivity contribution in [3.8, 4) is 0 Å². The highest BCUT2D eigenvalue weighted by molar-refractivity contribution is 9.09. The highest BCUT2D eigenvalue weighted by atomic mass is 79.9. The van der Waals surface area contributed by atoms with Crippen molar-refractivity contribution in [1.82, 2.24) is 15.5 Å². The Balaban J connectivity index is 2.05. The Kier molecular flexibility index (Phi) is 6.60. The predicted octanol–water partition coefficient (Wildman–Crippen LogP) is 0.414. The first-order valence-corrected chi connectivity index (χ1v) is 11.4. The second-order valence-electron chi connectivity index (χ2n) is 8.66. The summed E-state index contributed by atoms with van der Waals surface area (Å²) in [5, 5.41) is 15.6. The molecule has 3 amide bonds. The summed E-state index contributed by atoms with van der Waals surface area (Å²) in [5.41, 5.74) is -1.06. The zero-order chi connectivity index (χ0) is 21.5. The molecule has 0 saturated carbocycles. The van der Waals surface area contributed by atoms with Gasteiger partial charge >= 0.3 is 0 Å². The van der Waals surface area contributed by atoms with Crippen molar-refractivity contribution < 1.29 is 24.2 Å². The van der Waals surface area contributed by atoms with Gasteiger partial charge in [0, 0.05) is 18.4 Å². The fourth-order valence-electron chi connectivity index (χ4n) is 5.30. The quantitative estimate of drug-likeness (QED) is 0.349. The first-order chi connectivity index (χ1) is 13.7. The molecular formula is C20H32BrN3O5. The molecule has 0 aliphatic carbocycles. The van der Waals surface area contributed by atoms with Gasteiger partial charge < -0.3 is 25.4 Å². The number of aliphatic hydroxyl groups excluding tert-OH is 1. The lowest BCUT2D eigenvalue weighted by Crippen LogP contribution is -2.59. The van der Waals surface area contributed by atoms with Crippen LogP contribution in [0.5, 0.6) is 0 Å². The van der Waals surface area contributed by atoms with E-state index in [1.165, 1.54) is 4.90 Å². The lowest BCUT2D eigenvalue weighted by molar-refractivity contribution is -0.146. The summed E-state index contributed by atoms with van der Waals surface area (Å²) in [6.45, 7) is 6.12. The van der Waals surface area contributed by atoms with Gasteiger partial charge in [0.05, 0.1) is 30.6 Å². The van der Waals surface area contributed by atoms with Crippen molar-refractivity contribution >= 4 is 33.7 Å². The molecule has 3 fully saturated rings. The minimum absolute atomic E-state index is 0.0551. The van der Waals surface area contributed by atoms with Gasteiger partial charge in [-0.3, -0.25) is 14.4 Å². The Labute approximate surface area is 180 Å².